The summed E-state index contributed by atoms with van der Waals surface area (Å²) >= 11 is 2.46. The minimum absolute atomic E-state index is 0. The van der Waals surface area contributed by atoms with Crippen LogP contribution in [0.4, 0.5) is 21.9 Å². The number of rotatable bonds is 16. The highest BCUT2D eigenvalue weighted by Crippen LogP contribution is 2.35. The molecular formula is C71H73Br2N13O29. The van der Waals surface area contributed by atoms with Crippen molar-refractivity contribution in [3.63, 3.8) is 0 Å². The Labute approximate surface area is 668 Å². The molecule has 5 aromatic rings. The van der Waals surface area contributed by atoms with E-state index in [1.54, 1.807) is 30.3 Å². The van der Waals surface area contributed by atoms with Crippen LogP contribution in [-0.2, 0) is 93.8 Å². The Balaban J connectivity index is 0.000000243. The van der Waals surface area contributed by atoms with Crippen LogP contribution in [0.5, 0.6) is 0 Å². The molecule has 0 unspecified atom stereocenters. The molecule has 5 saturated heterocycles. The molecule has 115 heavy (non-hydrogen) atoms. The van der Waals surface area contributed by atoms with E-state index in [-0.39, 0.29) is 125 Å². The highest BCUT2D eigenvalue weighted by atomic mass is 79.9. The van der Waals surface area contributed by atoms with Crippen molar-refractivity contribution in [2.24, 2.45) is 16.5 Å². The summed E-state index contributed by atoms with van der Waals surface area (Å²) in [6.07, 6.45) is 4.33. The second-order valence-electron chi connectivity index (χ2n) is 24.4. The zero-order valence-corrected chi connectivity index (χ0v) is 63.7. The fraction of sp³-hybridized carbons (Fsp3) is 0.310. The molecule has 12 N–H and O–H groups in total. The maximum absolute atomic E-state index is 12.4. The third-order valence-electron chi connectivity index (χ3n) is 16.3. The van der Waals surface area contributed by atoms with Crippen molar-refractivity contribution >= 4 is 163 Å². The summed E-state index contributed by atoms with van der Waals surface area (Å²) < 4.78 is 18.0. The summed E-state index contributed by atoms with van der Waals surface area (Å²) in [5.74, 6) is -10.3. The van der Waals surface area contributed by atoms with Crippen molar-refractivity contribution in [1.82, 2.24) is 36.4 Å². The molecule has 14 amide bonds. The SMILES string of the molecule is Br.C1CCOC1.CC(=O)OBr.NC(=O)CC[C@H](NC(=O)OCc1ccccc1)C(=O)O.N[C@H]1CCC(=O)NC1=O.Nc1cccc2c1C(=O)N([C@H]1CCC(=O)NC1=O)C2=O.O=C1CC[C@H](N2C(=O)c3cccc([N+](=O)[O-])c3C2=O)C(=O)N1.O=C1CC[C@H](N=COOCc2ccccc2)C(=O)N1.O=C1OC(=O)c2c1cccc2[N+](=O)[O-]. The number of hydrogen-bond donors (Lipinski definition) is 9. The number of nitrogens with zero attached hydrogens (tertiary/aromatic N) is 5. The highest BCUT2D eigenvalue weighted by Gasteiger charge is 2.49. The van der Waals surface area contributed by atoms with Crippen LogP contribution in [0.3, 0.4) is 0 Å². The maximum atomic E-state index is 12.4. The van der Waals surface area contributed by atoms with Crippen LogP contribution >= 0.6 is 33.2 Å². The van der Waals surface area contributed by atoms with Gasteiger partial charge in [0.05, 0.1) is 38.1 Å². The number of nitrogens with one attached hydrogen (secondary N) is 5. The number of aliphatic imine (C=N–C) groups is 1. The minimum Gasteiger partial charge on any atom is -0.480 e. The molecule has 0 aromatic heterocycles. The number of alkyl carbamates (subject to hydrolysis) is 1. The van der Waals surface area contributed by atoms with E-state index in [9.17, 15) is 107 Å². The second kappa shape index (κ2) is 45.2. The number of aliphatic carboxylic acids is 1. The lowest BCUT2D eigenvalue weighted by atomic mass is 10.0. The molecule has 0 spiro atoms. The lowest BCUT2D eigenvalue weighted by Gasteiger charge is -2.27. The minimum atomic E-state index is -1.25. The number of anilines is 1. The number of nitrogen functional groups attached to an aromatic ring is 1. The number of ether oxygens (including phenoxy) is 3. The van der Waals surface area contributed by atoms with E-state index in [1.165, 1.54) is 56.2 Å². The molecule has 8 heterocycles. The molecule has 42 nitrogen and oxygen atoms in total. The van der Waals surface area contributed by atoms with Crippen LogP contribution in [0.15, 0.2) is 120 Å². The molecule has 0 saturated carbocycles. The summed E-state index contributed by atoms with van der Waals surface area (Å²) in [5, 5.41) is 41.1. The summed E-state index contributed by atoms with van der Waals surface area (Å²) in [6.45, 7) is 3.64. The van der Waals surface area contributed by atoms with Crippen LogP contribution < -0.4 is 43.8 Å². The normalized spacial score (nSPS) is 18.2. The number of hydrogen-bond acceptors (Lipinski definition) is 31. The maximum Gasteiger partial charge on any atom is 0.408 e. The first-order chi connectivity index (χ1) is 54.2. The number of nitro groups is 2. The number of primary amides is 1. The summed E-state index contributed by atoms with van der Waals surface area (Å²) in [6, 6.07) is 26.2. The average molecular weight is 1730 g/mol. The number of cyclic esters (lactones) is 2. The van der Waals surface area contributed by atoms with Gasteiger partial charge in [0.25, 0.3) is 40.9 Å². The summed E-state index contributed by atoms with van der Waals surface area (Å²) in [5.41, 5.74) is 16.6. The number of benzene rings is 5. The first-order valence-corrected chi connectivity index (χ1v) is 34.6. The highest BCUT2D eigenvalue weighted by molar-refractivity contribution is 9.06. The number of carboxylic acid groups (broad SMARTS) is 1. The Morgan fingerprint density at radius 1 is 0.609 bits per heavy atom. The number of nitrogens with two attached hydrogens (primary N) is 3. The largest absolute Gasteiger partial charge is 0.480 e. The number of carboxylic acids is 1. The van der Waals surface area contributed by atoms with E-state index in [0.29, 0.717) is 37.2 Å². The van der Waals surface area contributed by atoms with E-state index < -0.39 is 135 Å². The van der Waals surface area contributed by atoms with Crippen molar-refractivity contribution in [1.29, 1.82) is 0 Å². The van der Waals surface area contributed by atoms with Crippen LogP contribution in [0.25, 0.3) is 0 Å². The number of amides is 14. The van der Waals surface area contributed by atoms with E-state index in [2.05, 4.69) is 56.4 Å². The van der Waals surface area contributed by atoms with Crippen LogP contribution in [0, 0.1) is 20.2 Å². The Hall–Kier alpha value is -13.3. The number of imide groups is 6. The van der Waals surface area contributed by atoms with Gasteiger partial charge in [0, 0.05) is 70.1 Å². The van der Waals surface area contributed by atoms with Gasteiger partial charge >= 0.3 is 30.0 Å². The van der Waals surface area contributed by atoms with Crippen LogP contribution in [-0.4, -0.2) is 181 Å². The zero-order chi connectivity index (χ0) is 83.9. The number of esters is 2. The molecule has 5 atom stereocenters. The first-order valence-electron chi connectivity index (χ1n) is 34.0. The van der Waals surface area contributed by atoms with Gasteiger partial charge in [0.1, 0.15) is 42.9 Å². The molecule has 44 heteroatoms. The van der Waals surface area contributed by atoms with Gasteiger partial charge in [-0.15, -0.1) is 17.0 Å². The van der Waals surface area contributed by atoms with Crippen LogP contribution in [0.1, 0.15) is 157 Å². The standard InChI is InChI=1S/C13H9N3O6.C13H11N3O4.C13H16N2O5.C13H14N2O4.C8H3NO5.C5H8N2O2.C4H8O.C2H3BrO2.BrH/c17-9-5-4-8(11(18)14-9)15-12(19)6-2-1-3-7(16(21)22)10(6)13(15)20;14-7-3-1-2-6-10(7)13(20)16(12(6)19)8-4-5-9(17)15-11(8)18;14-11(16)7-6-10(12(17)18)15-13(19)20-8-9-4-2-1-3-5-9;16-12-7-6-11(13(17)15-12)14-9-19-18-8-10-4-2-1-3-5-10;10-7-4-2-1-3-5(9(12)13)6(4)8(11)14-7;6-3-1-2-4(8)7-5(3)9;1-2-4-5-3-1;1-2(4)5-3;/h1-3,8H,4-5H2,(H,14,17,18);1-3,8H,4-5,14H2,(H,15,17,18);1-5,10H,6-8H2,(H2,14,16)(H,15,19)(H,17,18);1-5,9,11H,6-8H2,(H,15,16,17);1-3H;3H,1-2,6H2,(H,7,8,9);1-4H2;1H3;1H/t2*8-;10-;11-;;3-;;;/m0000.0.../s1. The van der Waals surface area contributed by atoms with Crippen LogP contribution in [0.2, 0.25) is 0 Å². The molecule has 13 rings (SSSR count). The number of halogens is 2. The third kappa shape index (κ3) is 27.2. The first kappa shape index (κ1) is 92.3. The molecular weight excluding hydrogens is 1660 g/mol. The molecule has 5 aromatic carbocycles. The third-order valence-corrected chi connectivity index (χ3v) is 16.8. The van der Waals surface area contributed by atoms with Crippen molar-refractivity contribution < 1.29 is 129 Å². The number of fused-ring (bicyclic) bond motifs is 3. The Morgan fingerprint density at radius 2 is 1.06 bits per heavy atom. The van der Waals surface area contributed by atoms with Crippen molar-refractivity contribution in [3.05, 3.63) is 180 Å². The Morgan fingerprint density at radius 3 is 1.50 bits per heavy atom. The zero-order valence-electron chi connectivity index (χ0n) is 60.4. The fourth-order valence-electron chi connectivity index (χ4n) is 10.8. The predicted molar refractivity (Wildman–Crippen MR) is 398 cm³/mol. The lowest BCUT2D eigenvalue weighted by molar-refractivity contribution is -0.385. The molecule has 5 fully saturated rings. The number of nitro benzene ring substituents is 2. The van der Waals surface area contributed by atoms with E-state index in [0.717, 1.165) is 47.8 Å². The van der Waals surface area contributed by atoms with E-state index >= 15 is 0 Å². The second-order valence-corrected chi connectivity index (χ2v) is 24.7. The van der Waals surface area contributed by atoms with Gasteiger partial charge in [-0.3, -0.25) is 118 Å². The molecule has 0 aliphatic carbocycles. The quantitative estimate of drug-likeness (QED) is 0.00654. The molecule has 8 aliphatic rings. The lowest BCUT2D eigenvalue weighted by Crippen LogP contribution is -2.54. The monoisotopic (exact) mass is 1730 g/mol. The van der Waals surface area contributed by atoms with Crippen molar-refractivity contribution in [2.75, 3.05) is 18.9 Å². The van der Waals surface area contributed by atoms with Gasteiger partial charge in [-0.1, -0.05) is 78.9 Å². The summed E-state index contributed by atoms with van der Waals surface area (Å²) in [7, 11) is 0. The van der Waals surface area contributed by atoms with Crippen molar-refractivity contribution in [3.8, 4) is 0 Å². The van der Waals surface area contributed by atoms with Gasteiger partial charge in [-0.2, -0.15) is 4.89 Å². The van der Waals surface area contributed by atoms with Gasteiger partial charge in [-0.25, -0.2) is 24.2 Å². The Kier molecular flexibility index (Phi) is 36.3. The van der Waals surface area contributed by atoms with Crippen molar-refractivity contribution in [2.45, 2.75) is 127 Å². The van der Waals surface area contributed by atoms with Gasteiger partial charge in [0.15, 0.2) is 21.8 Å². The number of carbonyl (C=O) groups excluding carboxylic acids is 17. The Bertz CT molecular complexity index is 4600. The smallest absolute Gasteiger partial charge is 0.408 e. The number of carbonyl (C=O) groups is 18. The van der Waals surface area contributed by atoms with Gasteiger partial charge < -0.3 is 50.6 Å². The average Bonchev–Trinajstić information content (AvgIpc) is 1.62. The topological polar surface area (TPSA) is 626 Å². The van der Waals surface area contributed by atoms with E-state index in [4.69, 9.17) is 41.6 Å². The molecule has 0 radical (unpaired) electrons. The fourth-order valence-corrected chi connectivity index (χ4v) is 10.8. The van der Waals surface area contributed by atoms with Gasteiger partial charge in [-0.05, 0) is 80.3 Å². The predicted octanol–water partition coefficient (Wildman–Crippen LogP) is 3.16. The van der Waals surface area contributed by atoms with Gasteiger partial charge in [0.2, 0.25) is 53.7 Å². The molecule has 8 aliphatic heterocycles. The molecule has 0 bridgehead atoms. The summed E-state index contributed by atoms with van der Waals surface area (Å²) in [4.78, 5) is 238. The molecule has 610 valence electrons. The van der Waals surface area contributed by atoms with E-state index in [1.807, 2.05) is 36.4 Å². The number of piperidine rings is 4.